The first-order chi connectivity index (χ1) is 9.58. The largest absolute Gasteiger partial charge is 0.478 e. The molecule has 0 bridgehead atoms. The highest BCUT2D eigenvalue weighted by molar-refractivity contribution is 6.03. The molecule has 0 saturated carbocycles. The Labute approximate surface area is 117 Å². The number of carboxylic acid groups (broad SMARTS) is 1. The van der Waals surface area contributed by atoms with Gasteiger partial charge in [-0.05, 0) is 18.8 Å². The number of carbonyl (C=O) groups is 1. The third-order valence-corrected chi connectivity index (χ3v) is 4.06. The summed E-state index contributed by atoms with van der Waals surface area (Å²) in [7, 11) is 1.82. The molecule has 2 aromatic rings. The first-order valence-corrected chi connectivity index (χ1v) is 6.87. The standard InChI is InChI=1S/C14H18N4O2/c1-9-3-5-18(6-4-9)12-10-8-16-17(2)13(10)15-7-11(12)14(19)20/h7-9H,3-6H2,1-2H3,(H,19,20). The number of pyridine rings is 1. The molecular weight excluding hydrogens is 256 g/mol. The van der Waals surface area contributed by atoms with Crippen LogP contribution in [0.15, 0.2) is 12.4 Å². The van der Waals surface area contributed by atoms with Gasteiger partial charge in [-0.2, -0.15) is 5.10 Å². The molecule has 1 N–H and O–H groups in total. The fourth-order valence-electron chi connectivity index (χ4n) is 2.81. The summed E-state index contributed by atoms with van der Waals surface area (Å²) in [4.78, 5) is 17.9. The Morgan fingerprint density at radius 1 is 1.35 bits per heavy atom. The zero-order valence-corrected chi connectivity index (χ0v) is 11.7. The highest BCUT2D eigenvalue weighted by Gasteiger charge is 2.24. The lowest BCUT2D eigenvalue weighted by molar-refractivity contribution is 0.0697. The number of hydrogen-bond acceptors (Lipinski definition) is 4. The van der Waals surface area contributed by atoms with Crippen molar-refractivity contribution in [3.8, 4) is 0 Å². The van der Waals surface area contributed by atoms with E-state index in [9.17, 15) is 9.90 Å². The third-order valence-electron chi connectivity index (χ3n) is 4.06. The summed E-state index contributed by atoms with van der Waals surface area (Å²) in [6.45, 7) is 4.01. The summed E-state index contributed by atoms with van der Waals surface area (Å²) < 4.78 is 1.68. The summed E-state index contributed by atoms with van der Waals surface area (Å²) in [5.41, 5.74) is 1.76. The Bertz CT molecular complexity index is 656. The van der Waals surface area contributed by atoms with Crippen LogP contribution in [0.2, 0.25) is 0 Å². The molecule has 0 spiro atoms. The molecule has 0 atom stereocenters. The topological polar surface area (TPSA) is 71.2 Å². The minimum absolute atomic E-state index is 0.264. The number of aryl methyl sites for hydroxylation is 1. The molecule has 0 amide bonds. The molecule has 1 fully saturated rings. The molecule has 106 valence electrons. The molecule has 6 nitrogen and oxygen atoms in total. The molecular formula is C14H18N4O2. The first kappa shape index (κ1) is 12.9. The Hall–Kier alpha value is -2.11. The molecule has 0 aromatic carbocycles. The molecule has 1 saturated heterocycles. The maximum Gasteiger partial charge on any atom is 0.339 e. The lowest BCUT2D eigenvalue weighted by Gasteiger charge is -2.33. The fourth-order valence-corrected chi connectivity index (χ4v) is 2.81. The van der Waals surface area contributed by atoms with Gasteiger partial charge < -0.3 is 10.0 Å². The van der Waals surface area contributed by atoms with E-state index in [1.807, 2.05) is 7.05 Å². The van der Waals surface area contributed by atoms with E-state index in [-0.39, 0.29) is 5.56 Å². The number of fused-ring (bicyclic) bond motifs is 1. The van der Waals surface area contributed by atoms with Crippen molar-refractivity contribution in [2.45, 2.75) is 19.8 Å². The third kappa shape index (κ3) is 2.01. The van der Waals surface area contributed by atoms with Gasteiger partial charge in [-0.3, -0.25) is 4.68 Å². The fraction of sp³-hybridized carbons (Fsp3) is 0.500. The van der Waals surface area contributed by atoms with Gasteiger partial charge in [0.25, 0.3) is 0 Å². The van der Waals surface area contributed by atoms with E-state index in [2.05, 4.69) is 21.9 Å². The number of nitrogens with zero attached hydrogens (tertiary/aromatic N) is 4. The quantitative estimate of drug-likeness (QED) is 0.905. The van der Waals surface area contributed by atoms with Gasteiger partial charge in [-0.1, -0.05) is 6.92 Å². The van der Waals surface area contributed by atoms with Crippen LogP contribution in [0.4, 0.5) is 5.69 Å². The second-order valence-electron chi connectivity index (χ2n) is 5.50. The molecule has 0 aliphatic carbocycles. The van der Waals surface area contributed by atoms with Crippen LogP contribution in [0.1, 0.15) is 30.1 Å². The van der Waals surface area contributed by atoms with Crippen LogP contribution in [0.25, 0.3) is 11.0 Å². The summed E-state index contributed by atoms with van der Waals surface area (Å²) in [6.07, 6.45) is 5.33. The van der Waals surface area contributed by atoms with E-state index in [0.29, 0.717) is 5.92 Å². The van der Waals surface area contributed by atoms with Gasteiger partial charge in [0.2, 0.25) is 0 Å². The zero-order valence-electron chi connectivity index (χ0n) is 11.7. The maximum absolute atomic E-state index is 11.5. The summed E-state index contributed by atoms with van der Waals surface area (Å²) in [5, 5.41) is 14.4. The minimum Gasteiger partial charge on any atom is -0.478 e. The van der Waals surface area contributed by atoms with E-state index in [1.165, 1.54) is 6.20 Å². The number of aromatic carboxylic acids is 1. The second kappa shape index (κ2) is 4.77. The maximum atomic E-state index is 11.5. The molecule has 3 rings (SSSR count). The molecule has 20 heavy (non-hydrogen) atoms. The van der Waals surface area contributed by atoms with Crippen LogP contribution < -0.4 is 4.90 Å². The Kier molecular flexibility index (Phi) is 3.08. The summed E-state index contributed by atoms with van der Waals surface area (Å²) in [6, 6.07) is 0. The lowest BCUT2D eigenvalue weighted by Crippen LogP contribution is -2.34. The van der Waals surface area contributed by atoms with Crippen LogP contribution in [-0.2, 0) is 7.05 Å². The number of aromatic nitrogens is 3. The lowest BCUT2D eigenvalue weighted by atomic mass is 9.98. The van der Waals surface area contributed by atoms with Crippen molar-refractivity contribution in [2.75, 3.05) is 18.0 Å². The SMILES string of the molecule is CC1CCN(c2c(C(=O)O)cnc3c2cnn3C)CC1. The van der Waals surface area contributed by atoms with Crippen molar-refractivity contribution in [2.24, 2.45) is 13.0 Å². The van der Waals surface area contributed by atoms with Gasteiger partial charge in [0.15, 0.2) is 5.65 Å². The van der Waals surface area contributed by atoms with Crippen molar-refractivity contribution in [1.29, 1.82) is 0 Å². The van der Waals surface area contributed by atoms with Crippen molar-refractivity contribution < 1.29 is 9.90 Å². The van der Waals surface area contributed by atoms with E-state index in [4.69, 9.17) is 0 Å². The highest BCUT2D eigenvalue weighted by Crippen LogP contribution is 2.32. The molecule has 1 aliphatic rings. The zero-order chi connectivity index (χ0) is 14.3. The van der Waals surface area contributed by atoms with Gasteiger partial charge in [0.05, 0.1) is 17.3 Å². The highest BCUT2D eigenvalue weighted by atomic mass is 16.4. The monoisotopic (exact) mass is 274 g/mol. The van der Waals surface area contributed by atoms with Crippen LogP contribution in [0.5, 0.6) is 0 Å². The van der Waals surface area contributed by atoms with Crippen LogP contribution in [-0.4, -0.2) is 38.9 Å². The number of hydrogen-bond donors (Lipinski definition) is 1. The van der Waals surface area contributed by atoms with Crippen molar-refractivity contribution >= 4 is 22.7 Å². The van der Waals surface area contributed by atoms with Gasteiger partial charge in [0, 0.05) is 26.3 Å². The number of piperidine rings is 1. The number of carboxylic acids is 1. The predicted octanol–water partition coefficient (Wildman–Crippen LogP) is 1.90. The van der Waals surface area contributed by atoms with Gasteiger partial charge in [-0.25, -0.2) is 9.78 Å². The number of rotatable bonds is 2. The Morgan fingerprint density at radius 3 is 2.70 bits per heavy atom. The number of anilines is 1. The minimum atomic E-state index is -0.933. The van der Waals surface area contributed by atoms with Crippen molar-refractivity contribution in [1.82, 2.24) is 14.8 Å². The van der Waals surface area contributed by atoms with Crippen molar-refractivity contribution in [3.05, 3.63) is 18.0 Å². The van der Waals surface area contributed by atoms with Crippen LogP contribution >= 0.6 is 0 Å². The molecule has 2 aromatic heterocycles. The molecule has 6 heteroatoms. The molecule has 3 heterocycles. The van der Waals surface area contributed by atoms with Gasteiger partial charge in [0.1, 0.15) is 5.56 Å². The van der Waals surface area contributed by atoms with Crippen molar-refractivity contribution in [3.63, 3.8) is 0 Å². The smallest absolute Gasteiger partial charge is 0.339 e. The molecule has 1 aliphatic heterocycles. The average molecular weight is 274 g/mol. The average Bonchev–Trinajstić information content (AvgIpc) is 2.80. The van der Waals surface area contributed by atoms with Gasteiger partial charge in [-0.15, -0.1) is 0 Å². The Morgan fingerprint density at radius 2 is 2.05 bits per heavy atom. The summed E-state index contributed by atoms with van der Waals surface area (Å²) >= 11 is 0. The summed E-state index contributed by atoms with van der Waals surface area (Å²) in [5.74, 6) is -0.234. The Balaban J connectivity index is 2.15. The van der Waals surface area contributed by atoms with Crippen LogP contribution in [0, 0.1) is 5.92 Å². The van der Waals surface area contributed by atoms with E-state index >= 15 is 0 Å². The predicted molar refractivity (Wildman–Crippen MR) is 76.1 cm³/mol. The molecule has 0 unspecified atom stereocenters. The van der Waals surface area contributed by atoms with Gasteiger partial charge >= 0.3 is 5.97 Å². The van der Waals surface area contributed by atoms with E-state index < -0.39 is 5.97 Å². The molecule has 0 radical (unpaired) electrons. The second-order valence-corrected chi connectivity index (χ2v) is 5.50. The first-order valence-electron chi connectivity index (χ1n) is 6.87. The normalized spacial score (nSPS) is 16.8. The van der Waals surface area contributed by atoms with E-state index in [0.717, 1.165) is 42.7 Å². The van der Waals surface area contributed by atoms with E-state index in [1.54, 1.807) is 10.9 Å². The van der Waals surface area contributed by atoms with Crippen LogP contribution in [0.3, 0.4) is 0 Å².